The lowest BCUT2D eigenvalue weighted by atomic mass is 9.98. The van der Waals surface area contributed by atoms with E-state index >= 15 is 0 Å². The zero-order valence-electron chi connectivity index (χ0n) is 9.57. The van der Waals surface area contributed by atoms with Crippen LogP contribution in [0.25, 0.3) is 5.57 Å². The summed E-state index contributed by atoms with van der Waals surface area (Å²) in [4.78, 5) is 0. The molecule has 0 fully saturated rings. The van der Waals surface area contributed by atoms with Gasteiger partial charge in [0.1, 0.15) is 0 Å². The molecule has 2 aromatic rings. The van der Waals surface area contributed by atoms with Crippen molar-refractivity contribution in [1.82, 2.24) is 0 Å². The first-order chi connectivity index (χ1) is 8.08. The lowest BCUT2D eigenvalue weighted by Gasteiger charge is -2.07. The van der Waals surface area contributed by atoms with Crippen LogP contribution in [0.4, 0.5) is 4.39 Å². The maximum atomic E-state index is 13.2. The average molecular weight is 228 g/mol. The van der Waals surface area contributed by atoms with Gasteiger partial charge in [0.15, 0.2) is 11.6 Å². The Balaban J connectivity index is 2.37. The number of hydrogen-bond donors (Lipinski definition) is 1. The number of halogens is 1. The first-order valence-corrected chi connectivity index (χ1v) is 5.33. The Morgan fingerprint density at radius 2 is 1.65 bits per heavy atom. The molecule has 0 aliphatic heterocycles. The number of rotatable bonds is 2. The lowest BCUT2D eigenvalue weighted by molar-refractivity contribution is 0.432. The molecule has 0 aliphatic rings. The zero-order chi connectivity index (χ0) is 12.4. The zero-order valence-corrected chi connectivity index (χ0v) is 9.57. The van der Waals surface area contributed by atoms with E-state index in [4.69, 9.17) is 5.11 Å². The molecule has 0 saturated heterocycles. The summed E-state index contributed by atoms with van der Waals surface area (Å²) < 4.78 is 13.2. The van der Waals surface area contributed by atoms with Crippen LogP contribution >= 0.6 is 0 Å². The van der Waals surface area contributed by atoms with E-state index in [2.05, 4.69) is 6.58 Å². The van der Waals surface area contributed by atoms with Gasteiger partial charge in [-0.2, -0.15) is 0 Å². The third-order valence-electron chi connectivity index (χ3n) is 2.70. The molecule has 0 unspecified atom stereocenters. The van der Waals surface area contributed by atoms with Gasteiger partial charge in [-0.05, 0) is 35.8 Å². The molecule has 17 heavy (non-hydrogen) atoms. The second-order valence-electron chi connectivity index (χ2n) is 4.01. The van der Waals surface area contributed by atoms with Gasteiger partial charge in [-0.1, -0.05) is 42.5 Å². The van der Waals surface area contributed by atoms with Crippen LogP contribution < -0.4 is 0 Å². The molecule has 0 aromatic heterocycles. The van der Waals surface area contributed by atoms with Crippen LogP contribution in [0.15, 0.2) is 49.0 Å². The smallest absolute Gasteiger partial charge is 0.165 e. The second kappa shape index (κ2) is 4.42. The van der Waals surface area contributed by atoms with Crippen LogP contribution in [0, 0.1) is 12.7 Å². The fraction of sp³-hybridized carbons (Fsp3) is 0.0667. The monoisotopic (exact) mass is 228 g/mol. The Morgan fingerprint density at radius 1 is 1.06 bits per heavy atom. The Labute approximate surface area is 99.9 Å². The molecule has 0 saturated carbocycles. The molecule has 0 radical (unpaired) electrons. The highest BCUT2D eigenvalue weighted by Gasteiger charge is 2.06. The number of hydrogen-bond acceptors (Lipinski definition) is 1. The summed E-state index contributed by atoms with van der Waals surface area (Å²) >= 11 is 0. The van der Waals surface area contributed by atoms with E-state index in [9.17, 15) is 4.39 Å². The SMILES string of the molecule is C=C(c1ccc(C)cc1)c1ccc(O)c(F)c1. The summed E-state index contributed by atoms with van der Waals surface area (Å²) in [5.74, 6) is -0.971. The van der Waals surface area contributed by atoms with Crippen molar-refractivity contribution < 1.29 is 9.50 Å². The highest BCUT2D eigenvalue weighted by atomic mass is 19.1. The first-order valence-electron chi connectivity index (χ1n) is 5.33. The summed E-state index contributed by atoms with van der Waals surface area (Å²) in [5, 5.41) is 9.13. The van der Waals surface area contributed by atoms with Crippen LogP contribution in [0.1, 0.15) is 16.7 Å². The topological polar surface area (TPSA) is 20.2 Å². The van der Waals surface area contributed by atoms with Crippen molar-refractivity contribution in [3.8, 4) is 5.75 Å². The second-order valence-corrected chi connectivity index (χ2v) is 4.01. The van der Waals surface area contributed by atoms with E-state index in [1.165, 1.54) is 17.7 Å². The van der Waals surface area contributed by atoms with Crippen molar-refractivity contribution in [3.63, 3.8) is 0 Å². The van der Waals surface area contributed by atoms with Gasteiger partial charge in [0.2, 0.25) is 0 Å². The maximum Gasteiger partial charge on any atom is 0.165 e. The minimum absolute atomic E-state index is 0.342. The van der Waals surface area contributed by atoms with Crippen molar-refractivity contribution in [2.24, 2.45) is 0 Å². The fourth-order valence-electron chi connectivity index (χ4n) is 1.62. The number of aromatic hydroxyl groups is 1. The van der Waals surface area contributed by atoms with Crippen LogP contribution in [0.5, 0.6) is 5.75 Å². The molecule has 0 bridgehead atoms. The van der Waals surface area contributed by atoms with Gasteiger partial charge in [0, 0.05) is 0 Å². The number of phenolic OH excluding ortho intramolecular Hbond substituents is 1. The third-order valence-corrected chi connectivity index (χ3v) is 2.70. The van der Waals surface area contributed by atoms with Crippen molar-refractivity contribution in [2.45, 2.75) is 6.92 Å². The predicted octanol–water partition coefficient (Wildman–Crippen LogP) is 3.90. The van der Waals surface area contributed by atoms with Gasteiger partial charge in [0.05, 0.1) is 0 Å². The van der Waals surface area contributed by atoms with Crippen LogP contribution in [-0.4, -0.2) is 5.11 Å². The highest BCUT2D eigenvalue weighted by Crippen LogP contribution is 2.25. The summed E-state index contributed by atoms with van der Waals surface area (Å²) in [7, 11) is 0. The molecule has 0 atom stereocenters. The number of benzene rings is 2. The molecule has 2 rings (SSSR count). The molecular formula is C15H13FO. The van der Waals surface area contributed by atoms with E-state index in [1.54, 1.807) is 6.07 Å². The third kappa shape index (κ3) is 2.36. The Kier molecular flexibility index (Phi) is 2.96. The molecule has 1 nitrogen and oxygen atoms in total. The summed E-state index contributed by atoms with van der Waals surface area (Å²) in [6, 6.07) is 12.1. The van der Waals surface area contributed by atoms with Gasteiger partial charge in [-0.25, -0.2) is 4.39 Å². The van der Waals surface area contributed by atoms with Crippen molar-refractivity contribution in [3.05, 3.63) is 71.6 Å². The molecule has 0 heterocycles. The van der Waals surface area contributed by atoms with E-state index in [1.807, 2.05) is 31.2 Å². The van der Waals surface area contributed by atoms with Crippen molar-refractivity contribution >= 4 is 5.57 Å². The van der Waals surface area contributed by atoms with Gasteiger partial charge in [-0.15, -0.1) is 0 Å². The van der Waals surface area contributed by atoms with Gasteiger partial charge >= 0.3 is 0 Å². The quantitative estimate of drug-likeness (QED) is 0.826. The van der Waals surface area contributed by atoms with Gasteiger partial charge in [0.25, 0.3) is 0 Å². The molecule has 0 aliphatic carbocycles. The molecule has 0 spiro atoms. The predicted molar refractivity (Wildman–Crippen MR) is 67.4 cm³/mol. The molecule has 1 N–H and O–H groups in total. The van der Waals surface area contributed by atoms with Crippen LogP contribution in [0.3, 0.4) is 0 Å². The molecule has 2 aromatic carbocycles. The Hall–Kier alpha value is -2.09. The van der Waals surface area contributed by atoms with Crippen LogP contribution in [-0.2, 0) is 0 Å². The molecular weight excluding hydrogens is 215 g/mol. The maximum absolute atomic E-state index is 13.2. The Bertz CT molecular complexity index is 556. The molecule has 0 amide bonds. The average Bonchev–Trinajstić information content (AvgIpc) is 2.33. The molecule has 86 valence electrons. The van der Waals surface area contributed by atoms with Crippen LogP contribution in [0.2, 0.25) is 0 Å². The highest BCUT2D eigenvalue weighted by molar-refractivity contribution is 5.78. The van der Waals surface area contributed by atoms with E-state index in [0.717, 1.165) is 11.1 Å². The lowest BCUT2D eigenvalue weighted by Crippen LogP contribution is -1.88. The standard InChI is InChI=1S/C15H13FO/c1-10-3-5-12(6-4-10)11(2)13-7-8-15(17)14(16)9-13/h3-9,17H,2H2,1H3. The largest absolute Gasteiger partial charge is 0.505 e. The number of aryl methyl sites for hydroxylation is 1. The minimum Gasteiger partial charge on any atom is -0.505 e. The number of phenols is 1. The van der Waals surface area contributed by atoms with E-state index in [-0.39, 0.29) is 5.75 Å². The summed E-state index contributed by atoms with van der Waals surface area (Å²) in [6.07, 6.45) is 0. The van der Waals surface area contributed by atoms with Crippen molar-refractivity contribution in [1.29, 1.82) is 0 Å². The van der Waals surface area contributed by atoms with Gasteiger partial charge < -0.3 is 5.11 Å². The van der Waals surface area contributed by atoms with E-state index < -0.39 is 5.82 Å². The molecule has 2 heteroatoms. The summed E-state index contributed by atoms with van der Waals surface area (Å²) in [5.41, 5.74) is 3.52. The van der Waals surface area contributed by atoms with E-state index in [0.29, 0.717) is 5.56 Å². The minimum atomic E-state index is -0.629. The fourth-order valence-corrected chi connectivity index (χ4v) is 1.62. The summed E-state index contributed by atoms with van der Waals surface area (Å²) in [6.45, 7) is 5.95. The first kappa shape index (κ1) is 11.4. The Morgan fingerprint density at radius 3 is 2.24 bits per heavy atom. The van der Waals surface area contributed by atoms with Gasteiger partial charge in [-0.3, -0.25) is 0 Å². The normalized spacial score (nSPS) is 10.2. The van der Waals surface area contributed by atoms with Crippen molar-refractivity contribution in [2.75, 3.05) is 0 Å².